The quantitative estimate of drug-likeness (QED) is 0.752. The van der Waals surface area contributed by atoms with Crippen LogP contribution in [0.1, 0.15) is 11.1 Å². The first-order valence-corrected chi connectivity index (χ1v) is 7.20. The molecule has 1 aromatic carbocycles. The summed E-state index contributed by atoms with van der Waals surface area (Å²) in [4.78, 5) is 0.215. The average molecular weight is 272 g/mol. The summed E-state index contributed by atoms with van der Waals surface area (Å²) in [5.41, 5.74) is 1.65. The Morgan fingerprint density at radius 1 is 1.22 bits per heavy atom. The highest BCUT2D eigenvalue weighted by atomic mass is 32.2. The van der Waals surface area contributed by atoms with Gasteiger partial charge in [0.1, 0.15) is 10.6 Å². The molecular formula is C12H20N2O3S. The van der Waals surface area contributed by atoms with E-state index in [-0.39, 0.29) is 4.90 Å². The number of methoxy groups -OCH3 is 1. The topological polar surface area (TPSA) is 67.4 Å². The first kappa shape index (κ1) is 14.9. The Kier molecular flexibility index (Phi) is 5.13. The lowest BCUT2D eigenvalue weighted by molar-refractivity contribution is 0.401. The minimum absolute atomic E-state index is 0.215. The third kappa shape index (κ3) is 3.44. The Morgan fingerprint density at radius 3 is 2.44 bits per heavy atom. The Balaban J connectivity index is 3.15. The van der Waals surface area contributed by atoms with Gasteiger partial charge in [-0.1, -0.05) is 6.07 Å². The van der Waals surface area contributed by atoms with Gasteiger partial charge in [0.05, 0.1) is 7.11 Å². The SMILES string of the molecule is CNCCNS(=O)(=O)c1c(C)cc(C)cc1OC. The van der Waals surface area contributed by atoms with E-state index in [1.165, 1.54) is 7.11 Å². The summed E-state index contributed by atoms with van der Waals surface area (Å²) in [6.45, 7) is 4.59. The van der Waals surface area contributed by atoms with Crippen molar-refractivity contribution >= 4 is 10.0 Å². The minimum Gasteiger partial charge on any atom is -0.495 e. The summed E-state index contributed by atoms with van der Waals surface area (Å²) in [5.74, 6) is 0.379. The molecule has 102 valence electrons. The summed E-state index contributed by atoms with van der Waals surface area (Å²) in [6, 6.07) is 3.55. The van der Waals surface area contributed by atoms with Crippen molar-refractivity contribution in [2.45, 2.75) is 18.7 Å². The molecule has 0 radical (unpaired) electrons. The molecule has 5 nitrogen and oxygen atoms in total. The first-order valence-electron chi connectivity index (χ1n) is 5.72. The normalized spacial score (nSPS) is 11.6. The number of sulfonamides is 1. The fourth-order valence-corrected chi connectivity index (χ4v) is 3.20. The van der Waals surface area contributed by atoms with Gasteiger partial charge in [-0.05, 0) is 38.1 Å². The van der Waals surface area contributed by atoms with Gasteiger partial charge in [0.25, 0.3) is 0 Å². The molecule has 0 fully saturated rings. The van der Waals surface area contributed by atoms with Gasteiger partial charge >= 0.3 is 0 Å². The van der Waals surface area contributed by atoms with E-state index in [0.29, 0.717) is 24.4 Å². The van der Waals surface area contributed by atoms with Crippen molar-refractivity contribution in [1.29, 1.82) is 0 Å². The van der Waals surface area contributed by atoms with Gasteiger partial charge in [0.2, 0.25) is 10.0 Å². The Labute approximate surface area is 109 Å². The van der Waals surface area contributed by atoms with E-state index >= 15 is 0 Å². The smallest absolute Gasteiger partial charge is 0.244 e. The van der Waals surface area contributed by atoms with Crippen LogP contribution in [0, 0.1) is 13.8 Å². The molecule has 0 bridgehead atoms. The third-order valence-electron chi connectivity index (χ3n) is 2.54. The Morgan fingerprint density at radius 2 is 1.89 bits per heavy atom. The predicted octanol–water partition coefficient (Wildman–Crippen LogP) is 0.810. The maximum atomic E-state index is 12.2. The molecule has 2 N–H and O–H groups in total. The summed E-state index contributed by atoms with van der Waals surface area (Å²) in [6.07, 6.45) is 0. The van der Waals surface area contributed by atoms with Gasteiger partial charge in [-0.3, -0.25) is 0 Å². The Bertz CT molecular complexity index is 512. The van der Waals surface area contributed by atoms with Gasteiger partial charge in [-0.25, -0.2) is 13.1 Å². The molecule has 0 aliphatic carbocycles. The van der Waals surface area contributed by atoms with Crippen LogP contribution in [-0.4, -0.2) is 35.7 Å². The molecule has 0 aromatic heterocycles. The molecular weight excluding hydrogens is 252 g/mol. The van der Waals surface area contributed by atoms with Crippen molar-refractivity contribution in [3.05, 3.63) is 23.3 Å². The molecule has 0 aliphatic rings. The lowest BCUT2D eigenvalue weighted by Crippen LogP contribution is -2.31. The summed E-state index contributed by atoms with van der Waals surface area (Å²) < 4.78 is 32.1. The van der Waals surface area contributed by atoms with Gasteiger partial charge < -0.3 is 10.1 Å². The molecule has 0 amide bonds. The highest BCUT2D eigenvalue weighted by Gasteiger charge is 2.21. The summed E-state index contributed by atoms with van der Waals surface area (Å²) in [7, 11) is -0.295. The number of rotatable bonds is 6. The molecule has 0 unspecified atom stereocenters. The zero-order chi connectivity index (χ0) is 13.8. The van der Waals surface area contributed by atoms with Crippen LogP contribution in [-0.2, 0) is 10.0 Å². The highest BCUT2D eigenvalue weighted by molar-refractivity contribution is 7.89. The predicted molar refractivity (Wildman–Crippen MR) is 71.6 cm³/mol. The maximum Gasteiger partial charge on any atom is 0.244 e. The second kappa shape index (κ2) is 6.17. The van der Waals surface area contributed by atoms with Crippen molar-refractivity contribution in [2.75, 3.05) is 27.2 Å². The minimum atomic E-state index is -3.54. The highest BCUT2D eigenvalue weighted by Crippen LogP contribution is 2.28. The monoisotopic (exact) mass is 272 g/mol. The lowest BCUT2D eigenvalue weighted by atomic mass is 10.1. The number of nitrogens with one attached hydrogen (secondary N) is 2. The fraction of sp³-hybridized carbons (Fsp3) is 0.500. The van der Waals surface area contributed by atoms with Crippen molar-refractivity contribution in [1.82, 2.24) is 10.0 Å². The van der Waals surface area contributed by atoms with Crippen molar-refractivity contribution in [2.24, 2.45) is 0 Å². The van der Waals surface area contributed by atoms with Gasteiger partial charge in [0, 0.05) is 13.1 Å². The number of aryl methyl sites for hydroxylation is 2. The van der Waals surface area contributed by atoms with Crippen LogP contribution in [0.5, 0.6) is 5.75 Å². The summed E-state index contributed by atoms with van der Waals surface area (Å²) in [5, 5.41) is 2.89. The van der Waals surface area contributed by atoms with E-state index in [4.69, 9.17) is 4.74 Å². The standard InChI is InChI=1S/C12H20N2O3S/c1-9-7-10(2)12(11(8-9)17-4)18(15,16)14-6-5-13-3/h7-8,13-14H,5-6H2,1-4H3. The first-order chi connectivity index (χ1) is 8.42. The largest absolute Gasteiger partial charge is 0.495 e. The molecule has 0 atom stereocenters. The molecule has 0 aliphatic heterocycles. The second-order valence-electron chi connectivity index (χ2n) is 4.11. The lowest BCUT2D eigenvalue weighted by Gasteiger charge is -2.14. The second-order valence-corrected chi connectivity index (χ2v) is 5.82. The number of hydrogen-bond acceptors (Lipinski definition) is 4. The van der Waals surface area contributed by atoms with Crippen molar-refractivity contribution in [3.63, 3.8) is 0 Å². The zero-order valence-corrected chi connectivity index (χ0v) is 12.0. The molecule has 0 spiro atoms. The molecule has 0 saturated heterocycles. The van der Waals surface area contributed by atoms with E-state index in [1.807, 2.05) is 13.0 Å². The van der Waals surface area contributed by atoms with Crippen LogP contribution in [0.2, 0.25) is 0 Å². The van der Waals surface area contributed by atoms with Crippen molar-refractivity contribution < 1.29 is 13.2 Å². The molecule has 1 aromatic rings. The van der Waals surface area contributed by atoms with Gasteiger partial charge in [0.15, 0.2) is 0 Å². The number of ether oxygens (including phenoxy) is 1. The number of hydrogen-bond donors (Lipinski definition) is 2. The Hall–Kier alpha value is -1.11. The van der Waals surface area contributed by atoms with Crippen molar-refractivity contribution in [3.8, 4) is 5.75 Å². The number of likely N-dealkylation sites (N-methyl/N-ethyl adjacent to an activating group) is 1. The van der Waals surface area contributed by atoms with E-state index in [0.717, 1.165) is 5.56 Å². The van der Waals surface area contributed by atoms with E-state index in [1.54, 1.807) is 20.0 Å². The molecule has 0 saturated carbocycles. The number of benzene rings is 1. The van der Waals surface area contributed by atoms with E-state index < -0.39 is 10.0 Å². The fourth-order valence-electron chi connectivity index (χ4n) is 1.79. The van der Waals surface area contributed by atoms with Crippen LogP contribution < -0.4 is 14.8 Å². The van der Waals surface area contributed by atoms with E-state index in [9.17, 15) is 8.42 Å². The van der Waals surface area contributed by atoms with Crippen LogP contribution in [0.15, 0.2) is 17.0 Å². The molecule has 6 heteroatoms. The summed E-state index contributed by atoms with van der Waals surface area (Å²) >= 11 is 0. The van der Waals surface area contributed by atoms with Gasteiger partial charge in [-0.2, -0.15) is 0 Å². The van der Waals surface area contributed by atoms with E-state index in [2.05, 4.69) is 10.0 Å². The van der Waals surface area contributed by atoms with Crippen LogP contribution in [0.4, 0.5) is 0 Å². The van der Waals surface area contributed by atoms with Crippen LogP contribution in [0.3, 0.4) is 0 Å². The average Bonchev–Trinajstić information content (AvgIpc) is 2.27. The van der Waals surface area contributed by atoms with Crippen LogP contribution >= 0.6 is 0 Å². The maximum absolute atomic E-state index is 12.2. The van der Waals surface area contributed by atoms with Gasteiger partial charge in [-0.15, -0.1) is 0 Å². The molecule has 1 rings (SSSR count). The van der Waals surface area contributed by atoms with Crippen LogP contribution in [0.25, 0.3) is 0 Å². The zero-order valence-electron chi connectivity index (χ0n) is 11.2. The third-order valence-corrected chi connectivity index (χ3v) is 4.19. The molecule has 18 heavy (non-hydrogen) atoms. The molecule has 0 heterocycles.